The van der Waals surface area contributed by atoms with Gasteiger partial charge in [0, 0.05) is 12.5 Å². The molecular weight excluding hydrogens is 268 g/mol. The van der Waals surface area contributed by atoms with Crippen LogP contribution < -0.4 is 0 Å². The summed E-state index contributed by atoms with van der Waals surface area (Å²) in [5.41, 5.74) is 2.26. The van der Waals surface area contributed by atoms with Gasteiger partial charge >= 0.3 is 11.9 Å². The molecule has 3 aliphatic carbocycles. The number of esters is 2. The summed E-state index contributed by atoms with van der Waals surface area (Å²) in [5, 5.41) is 0. The molecule has 0 spiro atoms. The lowest BCUT2D eigenvalue weighted by Crippen LogP contribution is -2.40. The highest BCUT2D eigenvalue weighted by Gasteiger charge is 2.68. The van der Waals surface area contributed by atoms with Crippen molar-refractivity contribution in [3.63, 3.8) is 0 Å². The third kappa shape index (κ3) is 1.74. The second-order valence-corrected chi connectivity index (χ2v) is 7.54. The molecule has 21 heavy (non-hydrogen) atoms. The van der Waals surface area contributed by atoms with Gasteiger partial charge in [0.25, 0.3) is 0 Å². The maximum Gasteiger partial charge on any atom is 0.334 e. The molecule has 6 atom stereocenters. The summed E-state index contributed by atoms with van der Waals surface area (Å²) in [5.74, 6) is 2.09. The minimum atomic E-state index is -0.190. The van der Waals surface area contributed by atoms with Gasteiger partial charge in [0.15, 0.2) is 0 Å². The van der Waals surface area contributed by atoms with E-state index < -0.39 is 0 Å². The number of carbonyl (C=O) groups is 2. The SMILES string of the molecule is CC(=O)OC[C@@H]1[C@H]2C[C@H]2[C@]2(C)C[C@@H]3OC(=O)C(C)=C3C[C@@H]12. The van der Waals surface area contributed by atoms with E-state index in [1.165, 1.54) is 18.9 Å². The van der Waals surface area contributed by atoms with E-state index in [0.29, 0.717) is 24.4 Å². The Morgan fingerprint density at radius 3 is 2.90 bits per heavy atom. The highest BCUT2D eigenvalue weighted by Crippen LogP contribution is 2.72. The van der Waals surface area contributed by atoms with Crippen LogP contribution in [0.1, 0.15) is 40.0 Å². The minimum absolute atomic E-state index is 0.00692. The highest BCUT2D eigenvalue weighted by atomic mass is 16.5. The molecule has 0 saturated heterocycles. The van der Waals surface area contributed by atoms with E-state index in [9.17, 15) is 9.59 Å². The van der Waals surface area contributed by atoms with Crippen LogP contribution in [0.3, 0.4) is 0 Å². The van der Waals surface area contributed by atoms with Crippen LogP contribution >= 0.6 is 0 Å². The molecule has 3 fully saturated rings. The van der Waals surface area contributed by atoms with Gasteiger partial charge < -0.3 is 9.47 Å². The van der Waals surface area contributed by atoms with Crippen molar-refractivity contribution in [1.82, 2.24) is 0 Å². The van der Waals surface area contributed by atoms with E-state index in [1.54, 1.807) is 0 Å². The van der Waals surface area contributed by atoms with Crippen LogP contribution in [-0.2, 0) is 19.1 Å². The van der Waals surface area contributed by atoms with Gasteiger partial charge in [0.05, 0.1) is 6.61 Å². The first-order chi connectivity index (χ1) is 9.91. The van der Waals surface area contributed by atoms with Crippen LogP contribution in [-0.4, -0.2) is 24.6 Å². The molecule has 0 bridgehead atoms. The van der Waals surface area contributed by atoms with Gasteiger partial charge in [-0.3, -0.25) is 4.79 Å². The summed E-state index contributed by atoms with van der Waals surface area (Å²) >= 11 is 0. The lowest BCUT2D eigenvalue weighted by molar-refractivity contribution is -0.145. The summed E-state index contributed by atoms with van der Waals surface area (Å²) in [4.78, 5) is 22.9. The first-order valence-electron chi connectivity index (χ1n) is 7.96. The summed E-state index contributed by atoms with van der Waals surface area (Å²) in [6.45, 7) is 6.26. The quantitative estimate of drug-likeness (QED) is 0.733. The second kappa shape index (κ2) is 4.11. The van der Waals surface area contributed by atoms with Gasteiger partial charge in [0.2, 0.25) is 0 Å². The molecule has 1 aliphatic heterocycles. The van der Waals surface area contributed by atoms with Crippen LogP contribution in [0.15, 0.2) is 11.1 Å². The Bertz CT molecular complexity index is 563. The normalized spacial score (nSPS) is 46.6. The fraction of sp³-hybridized carbons (Fsp3) is 0.765. The number of hydrogen-bond acceptors (Lipinski definition) is 4. The Morgan fingerprint density at radius 2 is 2.19 bits per heavy atom. The molecule has 0 unspecified atom stereocenters. The first kappa shape index (κ1) is 13.4. The first-order valence-corrected chi connectivity index (χ1v) is 7.96. The topological polar surface area (TPSA) is 52.6 Å². The van der Waals surface area contributed by atoms with Crippen LogP contribution in [0.5, 0.6) is 0 Å². The molecule has 0 N–H and O–H groups in total. The van der Waals surface area contributed by atoms with Crippen molar-refractivity contribution in [2.75, 3.05) is 6.61 Å². The average molecular weight is 290 g/mol. The van der Waals surface area contributed by atoms with Crippen molar-refractivity contribution >= 4 is 11.9 Å². The highest BCUT2D eigenvalue weighted by molar-refractivity contribution is 5.91. The van der Waals surface area contributed by atoms with Gasteiger partial charge in [-0.1, -0.05) is 6.92 Å². The summed E-state index contributed by atoms with van der Waals surface area (Å²) in [7, 11) is 0. The smallest absolute Gasteiger partial charge is 0.334 e. The van der Waals surface area contributed by atoms with Crippen molar-refractivity contribution in [3.8, 4) is 0 Å². The zero-order chi connectivity index (χ0) is 14.9. The largest absolute Gasteiger partial charge is 0.466 e. The van der Waals surface area contributed by atoms with Crippen molar-refractivity contribution in [2.24, 2.45) is 29.1 Å². The van der Waals surface area contributed by atoms with Crippen LogP contribution in [0.2, 0.25) is 0 Å². The van der Waals surface area contributed by atoms with E-state index in [4.69, 9.17) is 9.47 Å². The lowest BCUT2D eigenvalue weighted by Gasteiger charge is -2.44. The predicted octanol–water partition coefficient (Wildman–Crippen LogP) is 2.47. The Balaban J connectivity index is 1.62. The molecular formula is C17H22O4. The molecule has 0 aromatic carbocycles. The summed E-state index contributed by atoms with van der Waals surface area (Å²) < 4.78 is 10.9. The van der Waals surface area contributed by atoms with E-state index in [2.05, 4.69) is 6.92 Å². The minimum Gasteiger partial charge on any atom is -0.466 e. The Labute approximate surface area is 124 Å². The molecule has 1 heterocycles. The third-order valence-corrected chi connectivity index (χ3v) is 6.57. The van der Waals surface area contributed by atoms with Crippen LogP contribution in [0.25, 0.3) is 0 Å². The molecule has 4 heteroatoms. The zero-order valence-electron chi connectivity index (χ0n) is 12.8. The van der Waals surface area contributed by atoms with Gasteiger partial charge in [-0.25, -0.2) is 4.79 Å². The molecule has 114 valence electrons. The molecule has 0 amide bonds. The van der Waals surface area contributed by atoms with Gasteiger partial charge in [-0.15, -0.1) is 0 Å². The van der Waals surface area contributed by atoms with E-state index in [-0.39, 0.29) is 23.5 Å². The van der Waals surface area contributed by atoms with Crippen molar-refractivity contribution in [1.29, 1.82) is 0 Å². The zero-order valence-corrected chi connectivity index (χ0v) is 12.8. The molecule has 4 rings (SSSR count). The van der Waals surface area contributed by atoms with Crippen LogP contribution in [0, 0.1) is 29.1 Å². The number of fused-ring (bicyclic) bond motifs is 4. The van der Waals surface area contributed by atoms with Crippen LogP contribution in [0.4, 0.5) is 0 Å². The Hall–Kier alpha value is -1.32. The average Bonchev–Trinajstić information content (AvgIpc) is 3.11. The molecule has 4 nitrogen and oxygen atoms in total. The molecule has 0 aromatic heterocycles. The van der Waals surface area contributed by atoms with Crippen molar-refractivity contribution in [3.05, 3.63) is 11.1 Å². The monoisotopic (exact) mass is 290 g/mol. The summed E-state index contributed by atoms with van der Waals surface area (Å²) in [6, 6.07) is 0. The molecule has 3 saturated carbocycles. The third-order valence-electron chi connectivity index (χ3n) is 6.57. The molecule has 0 aromatic rings. The van der Waals surface area contributed by atoms with Crippen molar-refractivity contribution in [2.45, 2.75) is 46.1 Å². The van der Waals surface area contributed by atoms with Gasteiger partial charge in [-0.2, -0.15) is 0 Å². The van der Waals surface area contributed by atoms with E-state index in [0.717, 1.165) is 24.3 Å². The fourth-order valence-electron chi connectivity index (χ4n) is 5.40. The maximum atomic E-state index is 11.8. The lowest BCUT2D eigenvalue weighted by atomic mass is 9.62. The van der Waals surface area contributed by atoms with Gasteiger partial charge in [0.1, 0.15) is 6.10 Å². The Morgan fingerprint density at radius 1 is 1.43 bits per heavy atom. The number of rotatable bonds is 2. The number of hydrogen-bond donors (Lipinski definition) is 0. The maximum absolute atomic E-state index is 11.8. The standard InChI is InChI=1S/C17H22O4/c1-8-10-4-14-12(7-20-9(2)18)11-5-13(11)17(14,3)6-15(10)21-16(8)19/h11-15H,4-7H2,1-3H3/t11-,12-,13-,14+,15+,17+/m1/s1. The molecule has 0 radical (unpaired) electrons. The second-order valence-electron chi connectivity index (χ2n) is 7.54. The van der Waals surface area contributed by atoms with E-state index in [1.807, 2.05) is 6.92 Å². The van der Waals surface area contributed by atoms with Crippen molar-refractivity contribution < 1.29 is 19.1 Å². The number of carbonyl (C=O) groups excluding carboxylic acids is 2. The van der Waals surface area contributed by atoms with E-state index >= 15 is 0 Å². The predicted molar refractivity (Wildman–Crippen MR) is 75.1 cm³/mol. The number of ether oxygens (including phenoxy) is 2. The molecule has 4 aliphatic rings. The van der Waals surface area contributed by atoms with Gasteiger partial charge in [-0.05, 0) is 60.8 Å². The fourth-order valence-corrected chi connectivity index (χ4v) is 5.40. The summed E-state index contributed by atoms with van der Waals surface area (Å²) in [6.07, 6.45) is 3.15. The Kier molecular flexibility index (Phi) is 2.61.